The second-order valence-electron chi connectivity index (χ2n) is 3.69. The molecule has 0 fully saturated rings. The first-order valence-corrected chi connectivity index (χ1v) is 8.14. The van der Waals surface area contributed by atoms with Crippen LogP contribution < -0.4 is 5.32 Å². The topological polar surface area (TPSA) is 50.7 Å². The Morgan fingerprint density at radius 2 is 1.81 bits per heavy atom. The van der Waals surface area contributed by atoms with Crippen LogP contribution >= 0.6 is 69.8 Å². The van der Waals surface area contributed by atoms with Gasteiger partial charge in [-0.2, -0.15) is 9.97 Å². The van der Waals surface area contributed by atoms with Gasteiger partial charge < -0.3 is 5.32 Å². The highest BCUT2D eigenvalue weighted by Gasteiger charge is 2.28. The van der Waals surface area contributed by atoms with E-state index in [1.165, 1.54) is 11.8 Å². The lowest BCUT2D eigenvalue weighted by Crippen LogP contribution is -2.11. The zero-order valence-corrected chi connectivity index (χ0v) is 15.0. The molecule has 10 heteroatoms. The third kappa shape index (κ3) is 4.65. The Morgan fingerprint density at radius 3 is 2.38 bits per heavy atom. The van der Waals surface area contributed by atoms with Crippen LogP contribution in [-0.4, -0.2) is 22.0 Å². The van der Waals surface area contributed by atoms with E-state index in [1.54, 1.807) is 25.2 Å². The van der Waals surface area contributed by atoms with Crippen molar-refractivity contribution < 1.29 is 0 Å². The third-order valence-electron chi connectivity index (χ3n) is 2.19. The average Bonchev–Trinajstić information content (AvgIpc) is 2.40. The van der Waals surface area contributed by atoms with Crippen LogP contribution in [-0.2, 0) is 3.79 Å². The maximum absolute atomic E-state index is 6.11. The lowest BCUT2D eigenvalue weighted by atomic mass is 10.4. The number of aromatic nitrogens is 3. The molecule has 2 aromatic rings. The van der Waals surface area contributed by atoms with Crippen molar-refractivity contribution in [2.75, 3.05) is 12.4 Å². The van der Waals surface area contributed by atoms with Crippen molar-refractivity contribution in [1.82, 2.24) is 15.0 Å². The van der Waals surface area contributed by atoms with Crippen molar-refractivity contribution in [2.45, 2.75) is 13.8 Å². The molecule has 0 saturated heterocycles. The summed E-state index contributed by atoms with van der Waals surface area (Å²) in [4.78, 5) is 13.0. The van der Waals surface area contributed by atoms with Gasteiger partial charge >= 0.3 is 0 Å². The fourth-order valence-electron chi connectivity index (χ4n) is 1.30. The molecule has 0 atom stereocenters. The molecule has 0 aliphatic carbocycles. The van der Waals surface area contributed by atoms with E-state index in [1.807, 2.05) is 0 Å². The molecule has 0 bridgehead atoms. The van der Waals surface area contributed by atoms with Crippen LogP contribution in [0.4, 0.5) is 5.95 Å². The standard InChI is InChI=1S/C11H7Cl5N4S/c1-17-9-18-8(11(14,15)16)19-10(20-9)21-7-3-2-5(12)4-6(7)13/h2-4H,1H3,(H,17,18,19,20). The zero-order valence-electron chi connectivity index (χ0n) is 10.4. The van der Waals surface area contributed by atoms with Crippen LogP contribution in [0.25, 0.3) is 0 Å². The second kappa shape index (κ2) is 6.94. The number of hydrogen-bond donors (Lipinski definition) is 1. The van der Waals surface area contributed by atoms with E-state index in [2.05, 4.69) is 20.3 Å². The van der Waals surface area contributed by atoms with Crippen molar-refractivity contribution in [3.8, 4) is 0 Å². The van der Waals surface area contributed by atoms with Gasteiger partial charge in [-0.15, -0.1) is 0 Å². The summed E-state index contributed by atoms with van der Waals surface area (Å²) in [6.45, 7) is 0. The number of nitrogens with zero attached hydrogens (tertiary/aromatic N) is 3. The van der Waals surface area contributed by atoms with Gasteiger partial charge in [-0.25, -0.2) is 4.98 Å². The Bertz CT molecular complexity index is 662. The SMILES string of the molecule is CNc1nc(Sc2ccc(Cl)cc2Cl)nc(C(Cl)(Cl)Cl)n1. The number of hydrogen-bond acceptors (Lipinski definition) is 5. The number of rotatable bonds is 3. The molecule has 2 rings (SSSR count). The Hall–Kier alpha value is -0.170. The van der Waals surface area contributed by atoms with E-state index in [0.29, 0.717) is 21.2 Å². The van der Waals surface area contributed by atoms with Crippen molar-refractivity contribution in [2.24, 2.45) is 0 Å². The number of nitrogens with one attached hydrogen (secondary N) is 1. The van der Waals surface area contributed by atoms with Gasteiger partial charge in [0, 0.05) is 17.0 Å². The molecule has 1 aromatic heterocycles. The molecule has 4 nitrogen and oxygen atoms in total. The van der Waals surface area contributed by atoms with Crippen molar-refractivity contribution in [3.63, 3.8) is 0 Å². The highest BCUT2D eigenvalue weighted by atomic mass is 35.6. The van der Waals surface area contributed by atoms with E-state index < -0.39 is 3.79 Å². The lowest BCUT2D eigenvalue weighted by molar-refractivity contribution is 0.830. The summed E-state index contributed by atoms with van der Waals surface area (Å²) in [6, 6.07) is 5.10. The van der Waals surface area contributed by atoms with E-state index in [4.69, 9.17) is 58.0 Å². The molecular formula is C11H7Cl5N4S. The summed E-state index contributed by atoms with van der Waals surface area (Å²) in [5.41, 5.74) is 0. The normalized spacial score (nSPS) is 11.5. The van der Waals surface area contributed by atoms with E-state index in [0.717, 1.165) is 4.90 Å². The first-order chi connectivity index (χ1) is 9.79. The van der Waals surface area contributed by atoms with Crippen LogP contribution in [0.15, 0.2) is 28.3 Å². The highest BCUT2D eigenvalue weighted by Crippen LogP contribution is 2.38. The summed E-state index contributed by atoms with van der Waals surface area (Å²) in [5, 5.41) is 4.15. The summed E-state index contributed by atoms with van der Waals surface area (Å²) in [5.74, 6) is 0.318. The molecule has 21 heavy (non-hydrogen) atoms. The first-order valence-electron chi connectivity index (χ1n) is 5.43. The Labute approximate surface area is 150 Å². The van der Waals surface area contributed by atoms with Crippen LogP contribution in [0, 0.1) is 0 Å². The van der Waals surface area contributed by atoms with Crippen molar-refractivity contribution in [3.05, 3.63) is 34.1 Å². The van der Waals surface area contributed by atoms with Gasteiger partial charge in [-0.05, 0) is 30.0 Å². The fourth-order valence-corrected chi connectivity index (χ4v) is 2.83. The molecule has 0 aliphatic heterocycles. The number of halogens is 5. The molecule has 0 radical (unpaired) electrons. The van der Waals surface area contributed by atoms with Crippen molar-refractivity contribution in [1.29, 1.82) is 0 Å². The van der Waals surface area contributed by atoms with E-state index in [-0.39, 0.29) is 5.82 Å². The molecule has 0 unspecified atom stereocenters. The minimum atomic E-state index is -1.74. The smallest absolute Gasteiger partial charge is 0.250 e. The summed E-state index contributed by atoms with van der Waals surface area (Å²) in [6.07, 6.45) is 0. The van der Waals surface area contributed by atoms with Crippen molar-refractivity contribution >= 4 is 75.7 Å². The largest absolute Gasteiger partial charge is 0.357 e. The van der Waals surface area contributed by atoms with E-state index >= 15 is 0 Å². The minimum absolute atomic E-state index is 0.0273. The summed E-state index contributed by atoms with van der Waals surface area (Å²) in [7, 11) is 1.65. The minimum Gasteiger partial charge on any atom is -0.357 e. The molecule has 0 amide bonds. The Morgan fingerprint density at radius 1 is 1.10 bits per heavy atom. The van der Waals surface area contributed by atoms with Gasteiger partial charge in [0.2, 0.25) is 9.74 Å². The third-order valence-corrected chi connectivity index (χ3v) is 4.30. The molecule has 1 aromatic carbocycles. The van der Waals surface area contributed by atoms with Gasteiger partial charge in [0.15, 0.2) is 11.0 Å². The monoisotopic (exact) mass is 402 g/mol. The molecule has 1 heterocycles. The summed E-state index contributed by atoms with van der Waals surface area (Å²) < 4.78 is -1.74. The van der Waals surface area contributed by atoms with Crippen LogP contribution in [0.3, 0.4) is 0 Å². The number of anilines is 1. The first kappa shape index (κ1) is 17.2. The van der Waals surface area contributed by atoms with Gasteiger partial charge in [-0.3, -0.25) is 0 Å². The number of alkyl halides is 3. The molecule has 0 aliphatic rings. The molecule has 0 spiro atoms. The highest BCUT2D eigenvalue weighted by molar-refractivity contribution is 7.99. The van der Waals surface area contributed by atoms with Crippen LogP contribution in [0.2, 0.25) is 10.0 Å². The molecule has 1 N–H and O–H groups in total. The fraction of sp³-hybridized carbons (Fsp3) is 0.182. The maximum Gasteiger partial charge on any atom is 0.250 e. The van der Waals surface area contributed by atoms with E-state index in [9.17, 15) is 0 Å². The lowest BCUT2D eigenvalue weighted by Gasteiger charge is -2.12. The zero-order chi connectivity index (χ0) is 15.6. The van der Waals surface area contributed by atoms with Gasteiger partial charge in [0.25, 0.3) is 0 Å². The molecule has 112 valence electrons. The quantitative estimate of drug-likeness (QED) is 0.713. The maximum atomic E-state index is 6.11. The Balaban J connectivity index is 2.39. The predicted molar refractivity (Wildman–Crippen MR) is 89.2 cm³/mol. The summed E-state index contributed by atoms with van der Waals surface area (Å²) >= 11 is 30.6. The van der Waals surface area contributed by atoms with Gasteiger partial charge in [0.05, 0.1) is 5.02 Å². The van der Waals surface area contributed by atoms with Crippen LogP contribution in [0.1, 0.15) is 5.82 Å². The average molecular weight is 405 g/mol. The van der Waals surface area contributed by atoms with Gasteiger partial charge in [0.1, 0.15) is 0 Å². The predicted octanol–water partition coefficient (Wildman–Crippen LogP) is 5.20. The Kier molecular flexibility index (Phi) is 5.68. The molecular weight excluding hydrogens is 397 g/mol. The van der Waals surface area contributed by atoms with Gasteiger partial charge in [-0.1, -0.05) is 58.0 Å². The second-order valence-corrected chi connectivity index (χ2v) is 7.82. The number of benzene rings is 1. The molecule has 0 saturated carbocycles. The van der Waals surface area contributed by atoms with Crippen LogP contribution in [0.5, 0.6) is 0 Å².